The third-order valence-corrected chi connectivity index (χ3v) is 5.54. The lowest BCUT2D eigenvalue weighted by atomic mass is 10.0. The number of benzene rings is 2. The number of aromatic nitrogens is 4. The molecule has 0 saturated heterocycles. The van der Waals surface area contributed by atoms with Gasteiger partial charge in [-0.1, -0.05) is 41.0 Å². The van der Waals surface area contributed by atoms with Crippen molar-refractivity contribution in [1.82, 2.24) is 19.6 Å². The number of fused-ring (bicyclic) bond motifs is 1. The predicted molar refractivity (Wildman–Crippen MR) is 122 cm³/mol. The van der Waals surface area contributed by atoms with Gasteiger partial charge in [0.05, 0.1) is 5.02 Å². The number of nitrogen functional groups attached to an aromatic ring is 1. The molecule has 5 rings (SSSR count). The van der Waals surface area contributed by atoms with Crippen LogP contribution in [0.25, 0.3) is 28.4 Å². The summed E-state index contributed by atoms with van der Waals surface area (Å²) in [5, 5.41) is 11.6. The van der Waals surface area contributed by atoms with Crippen molar-refractivity contribution in [2.75, 3.05) is 11.1 Å². The van der Waals surface area contributed by atoms with Crippen molar-refractivity contribution in [2.24, 2.45) is 0 Å². The molecule has 0 bridgehead atoms. The lowest BCUT2D eigenvalue weighted by Gasteiger charge is -2.15. The highest BCUT2D eigenvalue weighted by atomic mass is 35.5. The number of hydrogen-bond acceptors (Lipinski definition) is 6. The molecule has 0 aliphatic heterocycles. The van der Waals surface area contributed by atoms with Gasteiger partial charge in [0.2, 0.25) is 5.89 Å². The van der Waals surface area contributed by atoms with Crippen molar-refractivity contribution in [3.63, 3.8) is 0 Å². The summed E-state index contributed by atoms with van der Waals surface area (Å²) in [6.45, 7) is 4.00. The minimum Gasteiger partial charge on any atom is -0.404 e. The average Bonchev–Trinajstić information content (AvgIpc) is 3.34. The number of anilines is 3. The first kappa shape index (κ1) is 20.0. The Morgan fingerprint density at radius 2 is 1.78 bits per heavy atom. The molecule has 3 heterocycles. The minimum absolute atomic E-state index is 0.0584. The van der Waals surface area contributed by atoms with Crippen molar-refractivity contribution >= 4 is 34.8 Å². The van der Waals surface area contributed by atoms with Crippen molar-refractivity contribution < 1.29 is 8.81 Å². The Bertz CT molecular complexity index is 1450. The quantitative estimate of drug-likeness (QED) is 0.361. The van der Waals surface area contributed by atoms with Gasteiger partial charge >= 0.3 is 6.01 Å². The highest BCUT2D eigenvalue weighted by Gasteiger charge is 2.23. The van der Waals surface area contributed by atoms with Crippen LogP contribution in [0, 0.1) is 19.7 Å². The number of aryl methyl sites for hydroxylation is 2. The van der Waals surface area contributed by atoms with E-state index in [1.807, 2.05) is 32.0 Å². The van der Waals surface area contributed by atoms with Gasteiger partial charge in [0.1, 0.15) is 23.0 Å². The normalized spacial score (nSPS) is 11.2. The second-order valence-electron chi connectivity index (χ2n) is 7.38. The first-order chi connectivity index (χ1) is 15.4. The minimum atomic E-state index is -0.393. The van der Waals surface area contributed by atoms with E-state index in [2.05, 4.69) is 15.5 Å². The van der Waals surface area contributed by atoms with E-state index >= 15 is 0 Å². The van der Waals surface area contributed by atoms with E-state index in [1.165, 1.54) is 12.3 Å². The first-order valence-corrected chi connectivity index (χ1v) is 10.2. The van der Waals surface area contributed by atoms with Gasteiger partial charge in [0.15, 0.2) is 0 Å². The third-order valence-electron chi connectivity index (χ3n) is 5.23. The average molecular weight is 449 g/mol. The standard InChI is InChI=1S/C23H18ClFN6O/c1-12-5-3-6-13(2)19(12)28-21-20(27-17-10-9-14(25)11-31(17)21)18-15(7-4-8-16(18)24)22-29-30-23(26)32-22/h3-11,28H,1-2H3,(H2,26,30). The van der Waals surface area contributed by atoms with Crippen LogP contribution in [0.15, 0.2) is 59.1 Å². The van der Waals surface area contributed by atoms with E-state index in [9.17, 15) is 4.39 Å². The Balaban J connectivity index is 1.81. The largest absolute Gasteiger partial charge is 0.404 e. The SMILES string of the molecule is Cc1cccc(C)c1Nc1c(-c2c(Cl)cccc2-c2nnc(N)o2)nc2ccc(F)cn12. The zero-order chi connectivity index (χ0) is 22.4. The summed E-state index contributed by atoms with van der Waals surface area (Å²) in [4.78, 5) is 4.76. The molecule has 0 aliphatic rings. The van der Waals surface area contributed by atoms with Gasteiger partial charge in [-0.05, 0) is 49.2 Å². The van der Waals surface area contributed by atoms with Gasteiger partial charge < -0.3 is 15.5 Å². The Hall–Kier alpha value is -3.91. The number of imidazole rings is 1. The summed E-state index contributed by atoms with van der Waals surface area (Å²) in [7, 11) is 0. The zero-order valence-electron chi connectivity index (χ0n) is 17.2. The lowest BCUT2D eigenvalue weighted by molar-refractivity contribution is 0.590. The number of nitrogens with one attached hydrogen (secondary N) is 1. The summed E-state index contributed by atoms with van der Waals surface area (Å²) < 4.78 is 21.3. The molecule has 3 aromatic heterocycles. The summed E-state index contributed by atoms with van der Waals surface area (Å²) in [5.41, 5.74) is 10.8. The Morgan fingerprint density at radius 1 is 1.03 bits per heavy atom. The molecule has 7 nitrogen and oxygen atoms in total. The zero-order valence-corrected chi connectivity index (χ0v) is 18.0. The van der Waals surface area contributed by atoms with E-state index in [1.54, 1.807) is 28.7 Å². The van der Waals surface area contributed by atoms with Crippen LogP contribution in [0.2, 0.25) is 5.02 Å². The summed E-state index contributed by atoms with van der Waals surface area (Å²) in [6, 6.07) is 14.2. The smallest absolute Gasteiger partial charge is 0.313 e. The van der Waals surface area contributed by atoms with E-state index in [-0.39, 0.29) is 11.9 Å². The Morgan fingerprint density at radius 3 is 2.50 bits per heavy atom. The number of hydrogen-bond donors (Lipinski definition) is 2. The van der Waals surface area contributed by atoms with E-state index in [0.29, 0.717) is 33.3 Å². The fourth-order valence-corrected chi connectivity index (χ4v) is 3.99. The summed E-state index contributed by atoms with van der Waals surface area (Å²) in [6.07, 6.45) is 1.38. The van der Waals surface area contributed by atoms with E-state index < -0.39 is 5.82 Å². The van der Waals surface area contributed by atoms with Crippen LogP contribution in [0.1, 0.15) is 11.1 Å². The topological polar surface area (TPSA) is 94.3 Å². The number of pyridine rings is 1. The highest BCUT2D eigenvalue weighted by Crippen LogP contribution is 2.42. The van der Waals surface area contributed by atoms with Crippen LogP contribution in [0.3, 0.4) is 0 Å². The Kier molecular flexibility index (Phi) is 4.79. The van der Waals surface area contributed by atoms with Gasteiger partial charge in [0, 0.05) is 23.0 Å². The molecular weight excluding hydrogens is 431 g/mol. The van der Waals surface area contributed by atoms with Crippen molar-refractivity contribution in [3.05, 3.63) is 76.7 Å². The van der Waals surface area contributed by atoms with E-state index in [4.69, 9.17) is 26.7 Å². The second kappa shape index (κ2) is 7.65. The molecule has 0 fully saturated rings. The van der Waals surface area contributed by atoms with Crippen LogP contribution in [-0.2, 0) is 0 Å². The highest BCUT2D eigenvalue weighted by molar-refractivity contribution is 6.34. The lowest BCUT2D eigenvalue weighted by Crippen LogP contribution is -2.01. The van der Waals surface area contributed by atoms with Gasteiger partial charge in [0.25, 0.3) is 0 Å². The predicted octanol–water partition coefficient (Wildman–Crippen LogP) is 5.79. The third kappa shape index (κ3) is 3.34. The van der Waals surface area contributed by atoms with Crippen LogP contribution in [0.5, 0.6) is 0 Å². The fourth-order valence-electron chi connectivity index (χ4n) is 3.73. The van der Waals surface area contributed by atoms with Gasteiger partial charge in [-0.3, -0.25) is 4.40 Å². The fraction of sp³-hybridized carbons (Fsp3) is 0.0870. The monoisotopic (exact) mass is 448 g/mol. The van der Waals surface area contributed by atoms with Gasteiger partial charge in [-0.25, -0.2) is 9.37 Å². The van der Waals surface area contributed by atoms with Crippen molar-refractivity contribution in [3.8, 4) is 22.7 Å². The molecule has 0 saturated carbocycles. The molecule has 0 unspecified atom stereocenters. The molecular formula is C23H18ClFN6O. The number of halogens is 2. The van der Waals surface area contributed by atoms with Gasteiger partial charge in [-0.15, -0.1) is 5.10 Å². The number of rotatable bonds is 4. The van der Waals surface area contributed by atoms with E-state index in [0.717, 1.165) is 16.8 Å². The van der Waals surface area contributed by atoms with Crippen LogP contribution in [-0.4, -0.2) is 19.6 Å². The van der Waals surface area contributed by atoms with Crippen molar-refractivity contribution in [2.45, 2.75) is 13.8 Å². The number of para-hydroxylation sites is 1. The molecule has 160 valence electrons. The molecule has 9 heteroatoms. The maximum absolute atomic E-state index is 14.2. The number of nitrogens with zero attached hydrogens (tertiary/aromatic N) is 4. The second-order valence-corrected chi connectivity index (χ2v) is 7.79. The molecule has 0 atom stereocenters. The molecule has 0 amide bonds. The first-order valence-electron chi connectivity index (χ1n) is 9.81. The van der Waals surface area contributed by atoms with Crippen LogP contribution in [0.4, 0.5) is 21.9 Å². The molecule has 32 heavy (non-hydrogen) atoms. The molecule has 5 aromatic rings. The summed E-state index contributed by atoms with van der Waals surface area (Å²) in [5.74, 6) is 0.370. The van der Waals surface area contributed by atoms with Crippen molar-refractivity contribution in [1.29, 1.82) is 0 Å². The Labute approximate surface area is 187 Å². The summed E-state index contributed by atoms with van der Waals surface area (Å²) >= 11 is 6.64. The maximum atomic E-state index is 14.2. The van der Waals surface area contributed by atoms with Crippen LogP contribution >= 0.6 is 11.6 Å². The molecule has 0 aliphatic carbocycles. The molecule has 0 radical (unpaired) electrons. The molecule has 2 aromatic carbocycles. The molecule has 3 N–H and O–H groups in total. The van der Waals surface area contributed by atoms with Gasteiger partial charge in [-0.2, -0.15) is 0 Å². The van der Waals surface area contributed by atoms with Crippen LogP contribution < -0.4 is 11.1 Å². The molecule has 0 spiro atoms. The number of nitrogens with two attached hydrogens (primary N) is 1. The maximum Gasteiger partial charge on any atom is 0.313 e.